The fourth-order valence-electron chi connectivity index (χ4n) is 2.88. The molecule has 0 aliphatic carbocycles. The van der Waals surface area contributed by atoms with Gasteiger partial charge in [0.2, 0.25) is 11.8 Å². The fraction of sp³-hybridized carbons (Fsp3) is 0.0909. The Morgan fingerprint density at radius 2 is 1.04 bits per heavy atom. The molecule has 0 aliphatic heterocycles. The van der Waals surface area contributed by atoms with Crippen LogP contribution in [0.1, 0.15) is 13.8 Å². The summed E-state index contributed by atoms with van der Waals surface area (Å²) in [5.74, 6) is -0.0809. The number of phenolic OH excluding ortho intramolecular Hbond substituents is 1. The van der Waals surface area contributed by atoms with Crippen LogP contribution >= 0.6 is 0 Å². The molecule has 3 rings (SSSR count). The lowest BCUT2D eigenvalue weighted by Gasteiger charge is -2.12. The van der Waals surface area contributed by atoms with E-state index in [0.29, 0.717) is 22.5 Å². The molecule has 0 bridgehead atoms. The molecule has 0 radical (unpaired) electrons. The summed E-state index contributed by atoms with van der Waals surface area (Å²) in [6.07, 6.45) is 0. The first kappa shape index (κ1) is 18.2. The number of benzene rings is 3. The highest BCUT2D eigenvalue weighted by molar-refractivity contribution is 5.90. The van der Waals surface area contributed by atoms with Crippen molar-refractivity contribution in [3.8, 4) is 28.0 Å². The van der Waals surface area contributed by atoms with Gasteiger partial charge in [0.05, 0.1) is 0 Å². The molecule has 0 aliphatic rings. The van der Waals surface area contributed by atoms with Crippen LogP contribution < -0.4 is 10.6 Å². The number of hydrogen-bond acceptors (Lipinski definition) is 3. The topological polar surface area (TPSA) is 78.4 Å². The van der Waals surface area contributed by atoms with Gasteiger partial charge in [-0.25, -0.2) is 0 Å². The monoisotopic (exact) mass is 360 g/mol. The summed E-state index contributed by atoms with van der Waals surface area (Å²) in [6, 6.07) is 20.2. The number of rotatable bonds is 4. The molecule has 3 aromatic rings. The first-order chi connectivity index (χ1) is 12.9. The number of amides is 2. The van der Waals surface area contributed by atoms with Gasteiger partial charge in [0.1, 0.15) is 5.75 Å². The Hall–Kier alpha value is -3.60. The van der Waals surface area contributed by atoms with Gasteiger partial charge in [0, 0.05) is 36.3 Å². The molecule has 3 N–H and O–H groups in total. The molecule has 0 heterocycles. The van der Waals surface area contributed by atoms with Crippen molar-refractivity contribution in [3.63, 3.8) is 0 Å². The number of aromatic hydroxyl groups is 1. The number of nitrogens with one attached hydrogen (secondary N) is 2. The van der Waals surface area contributed by atoms with E-state index >= 15 is 0 Å². The minimum atomic E-state index is -0.129. The number of carbonyl (C=O) groups is 2. The maximum absolute atomic E-state index is 11.1. The van der Waals surface area contributed by atoms with Gasteiger partial charge in [0.15, 0.2) is 0 Å². The molecule has 0 saturated heterocycles. The summed E-state index contributed by atoms with van der Waals surface area (Å²) >= 11 is 0. The van der Waals surface area contributed by atoms with Crippen molar-refractivity contribution in [3.05, 3.63) is 66.7 Å². The summed E-state index contributed by atoms with van der Waals surface area (Å²) in [6.45, 7) is 2.92. The van der Waals surface area contributed by atoms with Gasteiger partial charge in [-0.3, -0.25) is 9.59 Å². The summed E-state index contributed by atoms with van der Waals surface area (Å²) < 4.78 is 0. The molecule has 3 aromatic carbocycles. The van der Waals surface area contributed by atoms with Gasteiger partial charge in [0.25, 0.3) is 0 Å². The average Bonchev–Trinajstić information content (AvgIpc) is 2.63. The van der Waals surface area contributed by atoms with Crippen LogP contribution in [-0.2, 0) is 9.59 Å². The van der Waals surface area contributed by atoms with E-state index in [9.17, 15) is 14.7 Å². The van der Waals surface area contributed by atoms with Gasteiger partial charge in [-0.15, -0.1) is 0 Å². The van der Waals surface area contributed by atoms with Crippen molar-refractivity contribution >= 4 is 23.2 Å². The Morgan fingerprint density at radius 3 is 1.37 bits per heavy atom. The van der Waals surface area contributed by atoms with Gasteiger partial charge in [-0.1, -0.05) is 42.5 Å². The van der Waals surface area contributed by atoms with Crippen molar-refractivity contribution in [1.29, 1.82) is 0 Å². The third-order valence-electron chi connectivity index (χ3n) is 4.07. The molecule has 0 saturated carbocycles. The maximum Gasteiger partial charge on any atom is 0.221 e. The molecule has 0 unspecified atom stereocenters. The third kappa shape index (κ3) is 4.33. The van der Waals surface area contributed by atoms with E-state index in [0.717, 1.165) is 11.1 Å². The van der Waals surface area contributed by atoms with Crippen molar-refractivity contribution < 1.29 is 14.7 Å². The van der Waals surface area contributed by atoms with Crippen molar-refractivity contribution in [2.45, 2.75) is 13.8 Å². The number of hydrogen-bond donors (Lipinski definition) is 3. The summed E-state index contributed by atoms with van der Waals surface area (Å²) in [7, 11) is 0. The van der Waals surface area contributed by atoms with Crippen molar-refractivity contribution in [1.82, 2.24) is 0 Å². The van der Waals surface area contributed by atoms with Gasteiger partial charge in [-0.05, 0) is 35.4 Å². The van der Waals surface area contributed by atoms with Gasteiger partial charge < -0.3 is 15.7 Å². The Kier molecular flexibility index (Phi) is 5.22. The zero-order valence-corrected chi connectivity index (χ0v) is 15.1. The van der Waals surface area contributed by atoms with Crippen molar-refractivity contribution in [2.24, 2.45) is 0 Å². The summed E-state index contributed by atoms with van der Waals surface area (Å²) in [5, 5.41) is 16.2. The van der Waals surface area contributed by atoms with Crippen LogP contribution in [0.5, 0.6) is 5.75 Å². The molecule has 0 spiro atoms. The molecule has 27 heavy (non-hydrogen) atoms. The number of anilines is 2. The predicted octanol–water partition coefficient (Wildman–Crippen LogP) is 4.64. The zero-order valence-electron chi connectivity index (χ0n) is 15.1. The molecule has 5 nitrogen and oxygen atoms in total. The van der Waals surface area contributed by atoms with Crippen LogP contribution in [0.2, 0.25) is 0 Å². The van der Waals surface area contributed by atoms with E-state index in [2.05, 4.69) is 10.6 Å². The van der Waals surface area contributed by atoms with Crippen LogP contribution in [0.15, 0.2) is 66.7 Å². The van der Waals surface area contributed by atoms with Crippen molar-refractivity contribution in [2.75, 3.05) is 10.6 Å². The number of phenols is 1. The van der Waals surface area contributed by atoms with E-state index in [-0.39, 0.29) is 17.6 Å². The molecule has 0 fully saturated rings. The van der Waals surface area contributed by atoms with Crippen LogP contribution in [-0.4, -0.2) is 16.9 Å². The SMILES string of the molecule is CC(=O)Nc1ccc(-c2cccc(-c3ccc(NC(C)=O)cc3)c2O)cc1. The van der Waals surface area contributed by atoms with E-state index in [1.54, 1.807) is 24.3 Å². The van der Waals surface area contributed by atoms with E-state index in [4.69, 9.17) is 0 Å². The first-order valence-corrected chi connectivity index (χ1v) is 8.52. The van der Waals surface area contributed by atoms with E-state index in [1.807, 2.05) is 42.5 Å². The standard InChI is InChI=1S/C22H20N2O3/c1-14(25)23-18-10-6-16(7-11-18)20-4-3-5-21(22(20)27)17-8-12-19(13-9-17)24-15(2)26/h3-13,27H,1-2H3,(H,23,25)(H,24,26). The highest BCUT2D eigenvalue weighted by Gasteiger charge is 2.11. The molecule has 136 valence electrons. The second-order valence-electron chi connectivity index (χ2n) is 6.22. The fourth-order valence-corrected chi connectivity index (χ4v) is 2.88. The first-order valence-electron chi connectivity index (χ1n) is 8.52. The van der Waals surface area contributed by atoms with Crippen LogP contribution in [0, 0.1) is 0 Å². The Balaban J connectivity index is 1.92. The third-order valence-corrected chi connectivity index (χ3v) is 4.07. The number of para-hydroxylation sites is 1. The molecule has 0 aromatic heterocycles. The quantitative estimate of drug-likeness (QED) is 0.634. The Bertz CT molecular complexity index is 900. The van der Waals surface area contributed by atoms with Gasteiger partial charge in [-0.2, -0.15) is 0 Å². The molecular formula is C22H20N2O3. The van der Waals surface area contributed by atoms with E-state index in [1.165, 1.54) is 13.8 Å². The van der Waals surface area contributed by atoms with Crippen LogP contribution in [0.25, 0.3) is 22.3 Å². The largest absolute Gasteiger partial charge is 0.507 e. The molecular weight excluding hydrogens is 340 g/mol. The smallest absolute Gasteiger partial charge is 0.221 e. The molecule has 2 amide bonds. The lowest BCUT2D eigenvalue weighted by Crippen LogP contribution is -2.05. The molecule has 0 atom stereocenters. The minimum absolute atomic E-state index is 0.129. The average molecular weight is 360 g/mol. The van der Waals surface area contributed by atoms with Gasteiger partial charge >= 0.3 is 0 Å². The second kappa shape index (κ2) is 7.74. The number of carbonyl (C=O) groups excluding carboxylic acids is 2. The summed E-state index contributed by atoms with van der Waals surface area (Å²) in [4.78, 5) is 22.3. The molecule has 5 heteroatoms. The summed E-state index contributed by atoms with van der Waals surface area (Å²) in [5.41, 5.74) is 4.50. The zero-order chi connectivity index (χ0) is 19.4. The van der Waals surface area contributed by atoms with E-state index < -0.39 is 0 Å². The van der Waals surface area contributed by atoms with Crippen LogP contribution in [0.3, 0.4) is 0 Å². The van der Waals surface area contributed by atoms with Crippen LogP contribution in [0.4, 0.5) is 11.4 Å². The lowest BCUT2D eigenvalue weighted by molar-refractivity contribution is -0.115. The maximum atomic E-state index is 11.1. The highest BCUT2D eigenvalue weighted by Crippen LogP contribution is 2.38. The normalized spacial score (nSPS) is 10.3. The lowest BCUT2D eigenvalue weighted by atomic mass is 9.97. The second-order valence-corrected chi connectivity index (χ2v) is 6.22. The Morgan fingerprint density at radius 1 is 0.667 bits per heavy atom. The predicted molar refractivity (Wildman–Crippen MR) is 108 cm³/mol. The Labute approximate surface area is 157 Å². The minimum Gasteiger partial charge on any atom is -0.507 e. The highest BCUT2D eigenvalue weighted by atomic mass is 16.3.